The molecule has 0 bridgehead atoms. The van der Waals surface area contributed by atoms with Gasteiger partial charge in [-0.3, -0.25) is 0 Å². The van der Waals surface area contributed by atoms with Gasteiger partial charge in [-0.25, -0.2) is 4.98 Å². The summed E-state index contributed by atoms with van der Waals surface area (Å²) in [6, 6.07) is 1.81. The molecule has 0 unspecified atom stereocenters. The largest absolute Gasteiger partial charge is 0.329 e. The van der Waals surface area contributed by atoms with Crippen molar-refractivity contribution in [3.05, 3.63) is 24.1 Å². The molecule has 0 amide bonds. The van der Waals surface area contributed by atoms with Crippen molar-refractivity contribution in [2.75, 3.05) is 6.54 Å². The number of hydrogen-bond acceptors (Lipinski definition) is 4. The fourth-order valence-electron chi connectivity index (χ4n) is 0.814. The third kappa shape index (κ3) is 1.78. The molecule has 0 saturated heterocycles. The van der Waals surface area contributed by atoms with Gasteiger partial charge in [-0.05, 0) is 6.07 Å². The van der Waals surface area contributed by atoms with Gasteiger partial charge in [-0.2, -0.15) is 0 Å². The summed E-state index contributed by atoms with van der Waals surface area (Å²) in [5.74, 6) is 5.08. The lowest BCUT2D eigenvalue weighted by molar-refractivity contribution is 0.638. The van der Waals surface area contributed by atoms with Crippen LogP contribution in [0.4, 0.5) is 0 Å². The summed E-state index contributed by atoms with van der Waals surface area (Å²) in [5, 5.41) is 3.49. The van der Waals surface area contributed by atoms with E-state index in [0.29, 0.717) is 18.7 Å². The van der Waals surface area contributed by atoms with Gasteiger partial charge in [-0.1, -0.05) is 0 Å². The van der Waals surface area contributed by atoms with Crippen LogP contribution in [-0.2, 0) is 6.54 Å². The lowest BCUT2D eigenvalue weighted by atomic mass is 10.6. The highest BCUT2D eigenvalue weighted by molar-refractivity contribution is 4.80. The minimum Gasteiger partial charge on any atom is -0.329 e. The highest BCUT2D eigenvalue weighted by atomic mass is 15.2. The minimum absolute atomic E-state index is 0.498. The summed E-state index contributed by atoms with van der Waals surface area (Å²) in [4.78, 5) is 3.93. The zero-order chi connectivity index (χ0) is 8.10. The molecule has 0 spiro atoms. The van der Waals surface area contributed by atoms with E-state index in [4.69, 9.17) is 11.6 Å². The van der Waals surface area contributed by atoms with Gasteiger partial charge in [0, 0.05) is 25.5 Å². The van der Waals surface area contributed by atoms with Gasteiger partial charge < -0.3 is 16.1 Å². The molecule has 1 heterocycles. The Morgan fingerprint density at radius 2 is 2.45 bits per heavy atom. The third-order valence-corrected chi connectivity index (χ3v) is 1.28. The van der Waals surface area contributed by atoms with Crippen molar-refractivity contribution in [2.45, 2.75) is 6.54 Å². The van der Waals surface area contributed by atoms with Gasteiger partial charge >= 0.3 is 0 Å². The Hall–Kier alpha value is -1.36. The maximum absolute atomic E-state index is 5.35. The Labute approximate surface area is 64.4 Å². The SMILES string of the molecule is NCCn1cccn/c1=N/N. The quantitative estimate of drug-likeness (QED) is 0.405. The molecular formula is C6H11N5. The van der Waals surface area contributed by atoms with Gasteiger partial charge in [0.2, 0.25) is 5.62 Å². The van der Waals surface area contributed by atoms with Crippen molar-refractivity contribution in [1.29, 1.82) is 0 Å². The fraction of sp³-hybridized carbons (Fsp3) is 0.333. The Bertz CT molecular complexity index is 276. The zero-order valence-corrected chi connectivity index (χ0v) is 6.14. The molecule has 5 nitrogen and oxygen atoms in total. The molecule has 0 aromatic carbocycles. The van der Waals surface area contributed by atoms with Crippen LogP contribution in [0.25, 0.3) is 0 Å². The normalized spacial score (nSPS) is 11.9. The Kier molecular flexibility index (Phi) is 2.62. The molecule has 0 saturated carbocycles. The average Bonchev–Trinajstić information content (AvgIpc) is 2.06. The number of nitrogens with two attached hydrogens (primary N) is 2. The summed E-state index contributed by atoms with van der Waals surface area (Å²) in [5.41, 5.74) is 5.85. The van der Waals surface area contributed by atoms with Gasteiger partial charge in [0.15, 0.2) is 0 Å². The number of hydrogen-bond donors (Lipinski definition) is 2. The molecular weight excluding hydrogens is 142 g/mol. The molecule has 1 aromatic heterocycles. The van der Waals surface area contributed by atoms with E-state index in [9.17, 15) is 0 Å². The predicted molar refractivity (Wildman–Crippen MR) is 41.0 cm³/mol. The molecule has 11 heavy (non-hydrogen) atoms. The molecule has 5 heteroatoms. The van der Waals surface area contributed by atoms with Crippen LogP contribution in [0, 0.1) is 0 Å². The third-order valence-electron chi connectivity index (χ3n) is 1.28. The number of nitrogens with zero attached hydrogens (tertiary/aromatic N) is 3. The Morgan fingerprint density at radius 3 is 3.09 bits per heavy atom. The van der Waals surface area contributed by atoms with Crippen LogP contribution >= 0.6 is 0 Å². The molecule has 0 aliphatic heterocycles. The smallest absolute Gasteiger partial charge is 0.246 e. The second-order valence-corrected chi connectivity index (χ2v) is 2.03. The lowest BCUT2D eigenvalue weighted by Gasteiger charge is -2.01. The van der Waals surface area contributed by atoms with Crippen molar-refractivity contribution in [1.82, 2.24) is 9.55 Å². The molecule has 0 aliphatic rings. The molecule has 0 fully saturated rings. The van der Waals surface area contributed by atoms with E-state index >= 15 is 0 Å². The second-order valence-electron chi connectivity index (χ2n) is 2.03. The molecule has 0 aliphatic carbocycles. The van der Waals surface area contributed by atoms with Crippen molar-refractivity contribution in [3.8, 4) is 0 Å². The van der Waals surface area contributed by atoms with Crippen molar-refractivity contribution < 1.29 is 0 Å². The van der Waals surface area contributed by atoms with Gasteiger partial charge in [0.05, 0.1) is 0 Å². The van der Waals surface area contributed by atoms with Crippen LogP contribution in [0.2, 0.25) is 0 Å². The standard InChI is InChI=1S/C6H11N5/c7-2-5-11-4-1-3-9-6(11)10-8/h1,3-4H,2,5,7-8H2/b10-6-. The molecule has 60 valence electrons. The molecule has 0 radical (unpaired) electrons. The number of rotatable bonds is 2. The van der Waals surface area contributed by atoms with E-state index in [1.54, 1.807) is 10.8 Å². The van der Waals surface area contributed by atoms with E-state index in [1.807, 2.05) is 12.3 Å². The zero-order valence-electron chi connectivity index (χ0n) is 6.14. The first-order valence-electron chi connectivity index (χ1n) is 3.34. The molecule has 4 N–H and O–H groups in total. The highest BCUT2D eigenvalue weighted by Gasteiger charge is 1.88. The van der Waals surface area contributed by atoms with E-state index in [-0.39, 0.29) is 0 Å². The van der Waals surface area contributed by atoms with Gasteiger partial charge in [-0.15, -0.1) is 5.10 Å². The van der Waals surface area contributed by atoms with Crippen LogP contribution in [0.1, 0.15) is 0 Å². The fourth-order valence-corrected chi connectivity index (χ4v) is 0.814. The Balaban J connectivity index is 3.03. The summed E-state index contributed by atoms with van der Waals surface area (Å²) in [6.45, 7) is 1.24. The summed E-state index contributed by atoms with van der Waals surface area (Å²) in [7, 11) is 0. The second kappa shape index (κ2) is 3.72. The van der Waals surface area contributed by atoms with Crippen LogP contribution < -0.4 is 17.2 Å². The minimum atomic E-state index is 0.498. The van der Waals surface area contributed by atoms with Gasteiger partial charge in [0.1, 0.15) is 0 Å². The lowest BCUT2D eigenvalue weighted by Crippen LogP contribution is -2.27. The van der Waals surface area contributed by atoms with Crippen LogP contribution in [0.3, 0.4) is 0 Å². The van der Waals surface area contributed by atoms with Crippen LogP contribution in [0.5, 0.6) is 0 Å². The first-order chi connectivity index (χ1) is 5.38. The monoisotopic (exact) mass is 153 g/mol. The maximum atomic E-state index is 5.35. The molecule has 1 rings (SSSR count). The summed E-state index contributed by atoms with van der Waals surface area (Å²) in [6.07, 6.45) is 3.48. The summed E-state index contributed by atoms with van der Waals surface area (Å²) < 4.78 is 1.79. The van der Waals surface area contributed by atoms with Crippen molar-refractivity contribution >= 4 is 0 Å². The Morgan fingerprint density at radius 1 is 1.64 bits per heavy atom. The van der Waals surface area contributed by atoms with Crippen LogP contribution in [-0.4, -0.2) is 16.1 Å². The topological polar surface area (TPSA) is 82.2 Å². The van der Waals surface area contributed by atoms with Gasteiger partial charge in [0.25, 0.3) is 0 Å². The van der Waals surface area contributed by atoms with Crippen molar-refractivity contribution in [3.63, 3.8) is 0 Å². The molecule has 0 atom stereocenters. The van der Waals surface area contributed by atoms with Crippen LogP contribution in [0.15, 0.2) is 23.6 Å². The predicted octanol–water partition coefficient (Wildman–Crippen LogP) is -1.38. The van der Waals surface area contributed by atoms with E-state index in [0.717, 1.165) is 0 Å². The van der Waals surface area contributed by atoms with E-state index < -0.39 is 0 Å². The van der Waals surface area contributed by atoms with E-state index in [2.05, 4.69) is 10.1 Å². The highest BCUT2D eigenvalue weighted by Crippen LogP contribution is 1.76. The molecule has 1 aromatic rings. The first kappa shape index (κ1) is 7.74. The first-order valence-corrected chi connectivity index (χ1v) is 3.34. The maximum Gasteiger partial charge on any atom is 0.246 e. The van der Waals surface area contributed by atoms with E-state index in [1.165, 1.54) is 0 Å². The van der Waals surface area contributed by atoms with Crippen molar-refractivity contribution in [2.24, 2.45) is 16.7 Å². The summed E-state index contributed by atoms with van der Waals surface area (Å²) >= 11 is 0. The average molecular weight is 153 g/mol. The number of aromatic nitrogens is 2.